The van der Waals surface area contributed by atoms with E-state index in [0.717, 1.165) is 17.7 Å². The van der Waals surface area contributed by atoms with Crippen LogP contribution in [0.25, 0.3) is 17.3 Å². The fraction of sp³-hybridized carbons (Fsp3) is 0.190. The van der Waals surface area contributed by atoms with E-state index in [0.29, 0.717) is 28.0 Å². The van der Waals surface area contributed by atoms with Gasteiger partial charge in [0, 0.05) is 18.0 Å². The molecule has 0 atom stereocenters. The average Bonchev–Trinajstić information content (AvgIpc) is 3.47. The van der Waals surface area contributed by atoms with E-state index in [4.69, 9.17) is 0 Å². The Hall–Kier alpha value is -2.95. The average molecular weight is 408 g/mol. The van der Waals surface area contributed by atoms with Crippen LogP contribution in [-0.4, -0.2) is 28.5 Å². The highest BCUT2D eigenvalue weighted by molar-refractivity contribution is 7.11. The van der Waals surface area contributed by atoms with Gasteiger partial charge in [-0.2, -0.15) is 5.26 Å². The minimum absolute atomic E-state index is 0.0266. The van der Waals surface area contributed by atoms with E-state index < -0.39 is 0 Å². The number of thiazole rings is 1. The summed E-state index contributed by atoms with van der Waals surface area (Å²) < 4.78 is 2.37. The minimum Gasteiger partial charge on any atom is -0.338 e. The first-order chi connectivity index (χ1) is 13.7. The lowest BCUT2D eigenvalue weighted by Crippen LogP contribution is -2.35. The first-order valence-electron chi connectivity index (χ1n) is 8.95. The van der Waals surface area contributed by atoms with Crippen LogP contribution in [0.2, 0.25) is 0 Å². The maximum absolute atomic E-state index is 13.2. The zero-order chi connectivity index (χ0) is 19.5. The third-order valence-corrected chi connectivity index (χ3v) is 6.50. The van der Waals surface area contributed by atoms with E-state index in [9.17, 15) is 14.9 Å². The second kappa shape index (κ2) is 7.97. The molecule has 1 saturated heterocycles. The summed E-state index contributed by atoms with van der Waals surface area (Å²) in [5, 5.41) is 11.7. The number of likely N-dealkylation sites (tertiary alicyclic amines) is 1. The Labute approximate surface area is 169 Å². The number of carbonyl (C=O) groups excluding carboxylic acids is 1. The highest BCUT2D eigenvalue weighted by Gasteiger charge is 2.24. The maximum atomic E-state index is 13.2. The summed E-state index contributed by atoms with van der Waals surface area (Å²) in [5.41, 5.74) is 0.451. The maximum Gasteiger partial charge on any atom is 0.273 e. The number of hydrogen-bond donors (Lipinski definition) is 0. The first kappa shape index (κ1) is 18.4. The topological polar surface area (TPSA) is 66.1 Å². The Kier molecular flexibility index (Phi) is 5.24. The van der Waals surface area contributed by atoms with Crippen LogP contribution in [0.3, 0.4) is 0 Å². The molecule has 0 bridgehead atoms. The van der Waals surface area contributed by atoms with Crippen molar-refractivity contribution >= 4 is 40.2 Å². The van der Waals surface area contributed by atoms with Gasteiger partial charge in [-0.3, -0.25) is 14.2 Å². The number of para-hydroxylation sites is 1. The molecule has 4 rings (SSSR count). The molecule has 5 nitrogen and oxygen atoms in total. The number of rotatable bonds is 3. The predicted molar refractivity (Wildman–Crippen MR) is 112 cm³/mol. The van der Waals surface area contributed by atoms with Crippen LogP contribution in [0, 0.1) is 11.3 Å². The molecule has 0 aliphatic carbocycles. The van der Waals surface area contributed by atoms with Gasteiger partial charge in [0.05, 0.1) is 10.2 Å². The van der Waals surface area contributed by atoms with Gasteiger partial charge in [-0.15, -0.1) is 22.7 Å². The number of hydrogen-bond acceptors (Lipinski definition) is 5. The Bertz CT molecular complexity index is 1210. The fourth-order valence-corrected chi connectivity index (χ4v) is 5.05. The van der Waals surface area contributed by atoms with Crippen molar-refractivity contribution < 1.29 is 4.79 Å². The van der Waals surface area contributed by atoms with E-state index in [1.54, 1.807) is 4.90 Å². The van der Waals surface area contributed by atoms with Crippen molar-refractivity contribution in [3.63, 3.8) is 0 Å². The fourth-order valence-electron chi connectivity index (χ4n) is 3.23. The van der Waals surface area contributed by atoms with Gasteiger partial charge in [0.2, 0.25) is 0 Å². The molecule has 140 valence electrons. The summed E-state index contributed by atoms with van der Waals surface area (Å²) in [6.45, 7) is 1.30. The van der Waals surface area contributed by atoms with Crippen LogP contribution >= 0.6 is 22.7 Å². The summed E-state index contributed by atoms with van der Waals surface area (Å²) >= 11 is 2.73. The van der Waals surface area contributed by atoms with Crippen LogP contribution < -0.4 is 14.8 Å². The normalized spacial score (nSPS) is 15.5. The van der Waals surface area contributed by atoms with Gasteiger partial charge in [0.15, 0.2) is 5.57 Å². The van der Waals surface area contributed by atoms with Gasteiger partial charge in [0.1, 0.15) is 10.7 Å². The largest absolute Gasteiger partial charge is 0.338 e. The van der Waals surface area contributed by atoms with Crippen molar-refractivity contribution in [1.29, 1.82) is 5.26 Å². The molecule has 0 radical (unpaired) electrons. The van der Waals surface area contributed by atoms with Gasteiger partial charge in [-0.25, -0.2) is 0 Å². The Morgan fingerprint density at radius 1 is 1.11 bits per heavy atom. The van der Waals surface area contributed by atoms with Gasteiger partial charge >= 0.3 is 0 Å². The first-order valence-corrected chi connectivity index (χ1v) is 10.6. The summed E-state index contributed by atoms with van der Waals surface area (Å²) in [5.74, 6) is -0.298. The van der Waals surface area contributed by atoms with Crippen LogP contribution in [0.15, 0.2) is 52.6 Å². The Morgan fingerprint density at radius 2 is 1.86 bits per heavy atom. The molecule has 0 saturated carbocycles. The van der Waals surface area contributed by atoms with Crippen molar-refractivity contribution in [3.05, 3.63) is 72.3 Å². The van der Waals surface area contributed by atoms with Crippen LogP contribution in [0.5, 0.6) is 0 Å². The number of thiophene rings is 1. The quantitative estimate of drug-likeness (QED) is 0.668. The van der Waals surface area contributed by atoms with Gasteiger partial charge in [-0.05, 0) is 42.5 Å². The molecule has 1 aliphatic rings. The molecule has 1 amide bonds. The number of carbonyl (C=O) groups is 1. The smallest absolute Gasteiger partial charge is 0.273 e. The third-order valence-electron chi connectivity index (χ3n) is 4.59. The number of nitrogens with zero attached hydrogens (tertiary/aromatic N) is 3. The van der Waals surface area contributed by atoms with Crippen molar-refractivity contribution in [2.45, 2.75) is 12.8 Å². The lowest BCUT2D eigenvalue weighted by molar-refractivity contribution is -0.123. The number of benzene rings is 1. The predicted octanol–water partition coefficient (Wildman–Crippen LogP) is 2.09. The summed E-state index contributed by atoms with van der Waals surface area (Å²) in [6, 6.07) is 15.1. The van der Waals surface area contributed by atoms with E-state index in [-0.39, 0.29) is 17.0 Å². The van der Waals surface area contributed by atoms with Crippen molar-refractivity contribution in [3.8, 4) is 11.8 Å². The summed E-state index contributed by atoms with van der Waals surface area (Å²) in [4.78, 5) is 28.8. The third kappa shape index (κ3) is 3.44. The van der Waals surface area contributed by atoms with Crippen molar-refractivity contribution in [2.75, 3.05) is 13.1 Å². The lowest BCUT2D eigenvalue weighted by atomic mass is 10.2. The van der Waals surface area contributed by atoms with E-state index >= 15 is 0 Å². The second-order valence-electron chi connectivity index (χ2n) is 6.39. The molecule has 2 aromatic heterocycles. The van der Waals surface area contributed by atoms with Gasteiger partial charge in [-0.1, -0.05) is 24.3 Å². The SMILES string of the molecule is N#C/C(C(=O)N1CCCC1)=c1\s/c(=C\c2cccs2)c(=O)n1-c1ccccc1. The monoisotopic (exact) mass is 407 g/mol. The zero-order valence-electron chi connectivity index (χ0n) is 15.0. The Balaban J connectivity index is 2.01. The molecular formula is C21H17N3O2S2. The van der Waals surface area contributed by atoms with E-state index in [1.165, 1.54) is 27.2 Å². The van der Waals surface area contributed by atoms with Crippen molar-refractivity contribution in [1.82, 2.24) is 9.47 Å². The molecule has 3 aromatic rings. The van der Waals surface area contributed by atoms with Gasteiger partial charge < -0.3 is 4.90 Å². The van der Waals surface area contributed by atoms with Gasteiger partial charge in [0.25, 0.3) is 11.5 Å². The standard InChI is InChI=1S/C21H17N3O2S2/c22-14-17(19(25)23-10-4-5-11-23)21-24(15-7-2-1-3-8-15)20(26)18(28-21)13-16-9-6-12-27-16/h1-3,6-9,12-13H,4-5,10-11H2/b18-13-,21-17+. The molecule has 1 aliphatic heterocycles. The Morgan fingerprint density at radius 3 is 2.50 bits per heavy atom. The molecule has 1 aromatic carbocycles. The molecule has 7 heteroatoms. The number of nitriles is 1. The summed E-state index contributed by atoms with van der Waals surface area (Å²) in [7, 11) is 0. The second-order valence-corrected chi connectivity index (χ2v) is 8.40. The summed E-state index contributed by atoms with van der Waals surface area (Å²) in [6.07, 6.45) is 3.70. The number of amides is 1. The molecule has 0 N–H and O–H groups in total. The van der Waals surface area contributed by atoms with E-state index in [1.807, 2.05) is 53.9 Å². The molecule has 1 fully saturated rings. The van der Waals surface area contributed by atoms with E-state index in [2.05, 4.69) is 6.07 Å². The van der Waals surface area contributed by atoms with Crippen molar-refractivity contribution in [2.24, 2.45) is 0 Å². The zero-order valence-corrected chi connectivity index (χ0v) is 16.6. The molecule has 0 unspecified atom stereocenters. The van der Waals surface area contributed by atoms with Crippen LogP contribution in [0.1, 0.15) is 17.7 Å². The van der Waals surface area contributed by atoms with Crippen LogP contribution in [0.4, 0.5) is 0 Å². The minimum atomic E-state index is -0.298. The molecular weight excluding hydrogens is 390 g/mol. The number of aromatic nitrogens is 1. The molecule has 28 heavy (non-hydrogen) atoms. The highest BCUT2D eigenvalue weighted by Crippen LogP contribution is 2.13. The highest BCUT2D eigenvalue weighted by atomic mass is 32.1. The lowest BCUT2D eigenvalue weighted by Gasteiger charge is -2.14. The molecule has 0 spiro atoms. The van der Waals surface area contributed by atoms with Crippen LogP contribution in [-0.2, 0) is 4.79 Å². The molecule has 3 heterocycles.